The Morgan fingerprint density at radius 2 is 1.73 bits per heavy atom. The third-order valence-electron chi connectivity index (χ3n) is 6.67. The lowest BCUT2D eigenvalue weighted by molar-refractivity contribution is -0.139. The van der Waals surface area contributed by atoms with Crippen LogP contribution in [0.2, 0.25) is 0 Å². The molecule has 0 bridgehead atoms. The number of carbonyl (C=O) groups excluding carboxylic acids is 1. The molecule has 0 spiro atoms. The Morgan fingerprint density at radius 1 is 1.02 bits per heavy atom. The third-order valence-corrected chi connectivity index (χ3v) is 7.65. The molecule has 0 aliphatic carbocycles. The molecule has 8 heteroatoms. The molecule has 0 amide bonds. The van der Waals surface area contributed by atoms with Gasteiger partial charge < -0.3 is 14.4 Å². The van der Waals surface area contributed by atoms with Crippen LogP contribution in [0.25, 0.3) is 6.08 Å². The van der Waals surface area contributed by atoms with Crippen LogP contribution in [0, 0.1) is 0 Å². The number of anilines is 1. The molecule has 40 heavy (non-hydrogen) atoms. The van der Waals surface area contributed by atoms with Crippen LogP contribution in [0.4, 0.5) is 5.69 Å². The summed E-state index contributed by atoms with van der Waals surface area (Å²) < 4.78 is 13.4. The summed E-state index contributed by atoms with van der Waals surface area (Å²) in [6, 6.07) is 24.8. The predicted octanol–water partition coefficient (Wildman–Crippen LogP) is 4.44. The normalized spacial score (nSPS) is 14.9. The Kier molecular flexibility index (Phi) is 7.98. The predicted molar refractivity (Wildman–Crippen MR) is 158 cm³/mol. The molecule has 1 aromatic heterocycles. The highest BCUT2D eigenvalue weighted by Gasteiger charge is 2.33. The Hall–Kier alpha value is -4.43. The number of nitrogens with zero attached hydrogens (tertiary/aromatic N) is 3. The molecule has 5 rings (SSSR count). The summed E-state index contributed by atoms with van der Waals surface area (Å²) in [5.74, 6) is 0.282. The van der Waals surface area contributed by atoms with Gasteiger partial charge in [0.1, 0.15) is 12.4 Å². The van der Waals surface area contributed by atoms with Crippen molar-refractivity contribution in [1.29, 1.82) is 0 Å². The minimum absolute atomic E-state index is 0.205. The first-order valence-electron chi connectivity index (χ1n) is 13.1. The van der Waals surface area contributed by atoms with Crippen molar-refractivity contribution in [2.24, 2.45) is 4.99 Å². The first kappa shape index (κ1) is 27.1. The molecule has 3 aromatic carbocycles. The number of aromatic nitrogens is 1. The van der Waals surface area contributed by atoms with Crippen molar-refractivity contribution in [3.63, 3.8) is 0 Å². The van der Waals surface area contributed by atoms with Gasteiger partial charge in [-0.1, -0.05) is 65.9 Å². The number of fused-ring (bicyclic) bond motifs is 1. The number of ether oxygens (including phenoxy) is 2. The van der Waals surface area contributed by atoms with Crippen molar-refractivity contribution in [2.75, 3.05) is 25.6 Å². The summed E-state index contributed by atoms with van der Waals surface area (Å²) >= 11 is 1.31. The minimum atomic E-state index is -0.637. The van der Waals surface area contributed by atoms with Crippen LogP contribution >= 0.6 is 11.3 Å². The maximum Gasteiger partial charge on any atom is 0.338 e. The average molecular weight is 554 g/mol. The molecule has 0 radical (unpaired) electrons. The molecule has 0 N–H and O–H groups in total. The molecule has 0 unspecified atom stereocenters. The zero-order valence-electron chi connectivity index (χ0n) is 23.0. The van der Waals surface area contributed by atoms with E-state index in [4.69, 9.17) is 9.47 Å². The Labute approximate surface area is 237 Å². The van der Waals surface area contributed by atoms with Gasteiger partial charge in [-0.2, -0.15) is 0 Å². The Balaban J connectivity index is 1.51. The van der Waals surface area contributed by atoms with Crippen LogP contribution in [0.15, 0.2) is 99.9 Å². The number of esters is 1. The molecule has 7 nitrogen and oxygen atoms in total. The van der Waals surface area contributed by atoms with Crippen molar-refractivity contribution in [3.8, 4) is 5.75 Å². The lowest BCUT2D eigenvalue weighted by atomic mass is 9.95. The molecule has 4 aromatic rings. The van der Waals surface area contributed by atoms with Crippen molar-refractivity contribution in [2.45, 2.75) is 26.5 Å². The van der Waals surface area contributed by atoms with Gasteiger partial charge in [-0.05, 0) is 60.9 Å². The Bertz CT molecular complexity index is 1720. The lowest BCUT2D eigenvalue weighted by Gasteiger charge is -2.25. The van der Waals surface area contributed by atoms with Gasteiger partial charge in [0.15, 0.2) is 4.80 Å². The van der Waals surface area contributed by atoms with Crippen LogP contribution in [0.1, 0.15) is 36.6 Å². The molecule has 1 aliphatic heterocycles. The topological polar surface area (TPSA) is 73.1 Å². The van der Waals surface area contributed by atoms with E-state index in [1.807, 2.05) is 104 Å². The van der Waals surface area contributed by atoms with Crippen LogP contribution < -0.4 is 24.5 Å². The molecule has 2 heterocycles. The summed E-state index contributed by atoms with van der Waals surface area (Å²) in [4.78, 5) is 34.1. The SMILES string of the molecule is CCOC(=O)C1=C(C)N=c2s/c(=C/c3ccc(OCc4ccccc4)cc3)c(=O)n2[C@H]1c1ccc(N(C)C)cc1. The number of thiazole rings is 1. The quantitative estimate of drug-likeness (QED) is 0.302. The third kappa shape index (κ3) is 5.62. The largest absolute Gasteiger partial charge is 0.489 e. The zero-order valence-corrected chi connectivity index (χ0v) is 23.8. The van der Waals surface area contributed by atoms with Gasteiger partial charge in [0, 0.05) is 19.8 Å². The number of carbonyl (C=O) groups is 1. The van der Waals surface area contributed by atoms with Gasteiger partial charge >= 0.3 is 5.97 Å². The van der Waals surface area contributed by atoms with E-state index in [1.54, 1.807) is 18.4 Å². The van der Waals surface area contributed by atoms with E-state index < -0.39 is 12.0 Å². The molecule has 204 valence electrons. The summed E-state index contributed by atoms with van der Waals surface area (Å²) in [5.41, 5.74) is 4.51. The fourth-order valence-corrected chi connectivity index (χ4v) is 5.66. The molecule has 1 aliphatic rings. The summed E-state index contributed by atoms with van der Waals surface area (Å²) in [6.07, 6.45) is 1.85. The Morgan fingerprint density at radius 3 is 2.38 bits per heavy atom. The van der Waals surface area contributed by atoms with Crippen LogP contribution in [0.5, 0.6) is 5.75 Å². The number of rotatable bonds is 8. The van der Waals surface area contributed by atoms with Crippen molar-refractivity contribution in [1.82, 2.24) is 4.57 Å². The van der Waals surface area contributed by atoms with E-state index >= 15 is 0 Å². The standard InChI is InChI=1S/C32H31N3O4S/c1-5-38-31(37)28-21(2)33-32-35(29(28)24-13-15-25(16-14-24)34(3)4)30(36)27(40-32)19-22-11-17-26(18-12-22)39-20-23-9-7-6-8-10-23/h6-19,29H,5,20H2,1-4H3/b27-19+/t29-/m0/s1. The van der Waals surface area contributed by atoms with Crippen LogP contribution in [0.3, 0.4) is 0 Å². The number of benzene rings is 3. The molecular formula is C32H31N3O4S. The molecule has 1 atom stereocenters. The number of hydrogen-bond donors (Lipinski definition) is 0. The van der Waals surface area contributed by atoms with Crippen molar-refractivity contribution in [3.05, 3.63) is 127 Å². The van der Waals surface area contributed by atoms with Gasteiger partial charge in [-0.25, -0.2) is 9.79 Å². The van der Waals surface area contributed by atoms with Gasteiger partial charge in [0.05, 0.1) is 28.5 Å². The highest BCUT2D eigenvalue weighted by molar-refractivity contribution is 7.07. The van der Waals surface area contributed by atoms with E-state index in [0.717, 1.165) is 28.1 Å². The maximum absolute atomic E-state index is 13.8. The molecular weight excluding hydrogens is 522 g/mol. The molecule has 0 saturated carbocycles. The fraction of sp³-hybridized carbons (Fsp3) is 0.219. The van der Waals surface area contributed by atoms with Crippen molar-refractivity contribution >= 4 is 29.1 Å². The first-order valence-corrected chi connectivity index (χ1v) is 13.9. The minimum Gasteiger partial charge on any atom is -0.489 e. The summed E-state index contributed by atoms with van der Waals surface area (Å²) in [7, 11) is 3.93. The van der Waals surface area contributed by atoms with E-state index in [9.17, 15) is 9.59 Å². The summed E-state index contributed by atoms with van der Waals surface area (Å²) in [6.45, 7) is 4.27. The number of hydrogen-bond acceptors (Lipinski definition) is 7. The van der Waals surface area contributed by atoms with Crippen LogP contribution in [-0.2, 0) is 16.1 Å². The number of allylic oxidation sites excluding steroid dienone is 1. The highest BCUT2D eigenvalue weighted by Crippen LogP contribution is 2.31. The van der Waals surface area contributed by atoms with E-state index in [2.05, 4.69) is 4.99 Å². The molecule has 0 saturated heterocycles. The van der Waals surface area contributed by atoms with E-state index in [0.29, 0.717) is 27.2 Å². The monoisotopic (exact) mass is 553 g/mol. The van der Waals surface area contributed by atoms with E-state index in [1.165, 1.54) is 11.3 Å². The van der Waals surface area contributed by atoms with Crippen molar-refractivity contribution < 1.29 is 14.3 Å². The van der Waals surface area contributed by atoms with E-state index in [-0.39, 0.29) is 12.2 Å². The van der Waals surface area contributed by atoms with Gasteiger partial charge in [0.25, 0.3) is 5.56 Å². The lowest BCUT2D eigenvalue weighted by Crippen LogP contribution is -2.39. The second-order valence-corrected chi connectivity index (χ2v) is 10.6. The second kappa shape index (κ2) is 11.8. The molecule has 0 fully saturated rings. The van der Waals surface area contributed by atoms with Gasteiger partial charge in [-0.3, -0.25) is 9.36 Å². The maximum atomic E-state index is 13.8. The van der Waals surface area contributed by atoms with Gasteiger partial charge in [-0.15, -0.1) is 0 Å². The average Bonchev–Trinajstić information content (AvgIpc) is 3.26. The second-order valence-electron chi connectivity index (χ2n) is 9.63. The highest BCUT2D eigenvalue weighted by atomic mass is 32.1. The smallest absolute Gasteiger partial charge is 0.338 e. The first-order chi connectivity index (χ1) is 19.4. The fourth-order valence-electron chi connectivity index (χ4n) is 4.61. The summed E-state index contributed by atoms with van der Waals surface area (Å²) in [5, 5.41) is 0. The van der Waals surface area contributed by atoms with Crippen LogP contribution in [-0.4, -0.2) is 31.2 Å². The zero-order chi connectivity index (χ0) is 28.2. The van der Waals surface area contributed by atoms with Gasteiger partial charge in [0.2, 0.25) is 0 Å².